The molecule has 1 amide bonds. The van der Waals surface area contributed by atoms with Crippen LogP contribution in [0.5, 0.6) is 17.2 Å². The third kappa shape index (κ3) is 5.47. The number of benzene rings is 2. The van der Waals surface area contributed by atoms with Crippen molar-refractivity contribution in [1.29, 1.82) is 0 Å². The van der Waals surface area contributed by atoms with Crippen LogP contribution in [0.2, 0.25) is 0 Å². The molecule has 0 aliphatic carbocycles. The van der Waals surface area contributed by atoms with Gasteiger partial charge in [-0.1, -0.05) is 13.3 Å². The summed E-state index contributed by atoms with van der Waals surface area (Å²) in [6.45, 7) is 4.34. The molecule has 1 heterocycles. The number of hydrogen-bond acceptors (Lipinski definition) is 5. The van der Waals surface area contributed by atoms with E-state index in [4.69, 9.17) is 15.2 Å². The number of amides is 1. The molecule has 0 aliphatic rings. The molecule has 156 valence electrons. The summed E-state index contributed by atoms with van der Waals surface area (Å²) in [5.41, 5.74) is 6.58. The second-order valence-corrected chi connectivity index (χ2v) is 6.78. The molecule has 0 unspecified atom stereocenters. The Morgan fingerprint density at radius 2 is 1.67 bits per heavy atom. The highest BCUT2D eigenvalue weighted by molar-refractivity contribution is 6.07. The highest BCUT2D eigenvalue weighted by Gasteiger charge is 2.14. The van der Waals surface area contributed by atoms with Crippen LogP contribution >= 0.6 is 0 Å². The molecule has 0 aliphatic heterocycles. The smallest absolute Gasteiger partial charge is 0.259 e. The van der Waals surface area contributed by atoms with Crippen LogP contribution in [0.4, 0.5) is 15.9 Å². The zero-order chi connectivity index (χ0) is 21.5. The average Bonchev–Trinajstić information content (AvgIpc) is 2.73. The Balaban J connectivity index is 1.60. The summed E-state index contributed by atoms with van der Waals surface area (Å²) in [4.78, 5) is 15.9. The van der Waals surface area contributed by atoms with E-state index in [9.17, 15) is 9.18 Å². The summed E-state index contributed by atoms with van der Waals surface area (Å²) in [7, 11) is 0. The lowest BCUT2D eigenvalue weighted by atomic mass is 10.1. The van der Waals surface area contributed by atoms with Crippen molar-refractivity contribution < 1.29 is 18.7 Å². The zero-order valence-corrected chi connectivity index (χ0v) is 16.9. The molecule has 0 fully saturated rings. The maximum absolute atomic E-state index is 13.4. The molecule has 0 radical (unpaired) electrons. The number of ether oxygens (including phenoxy) is 2. The van der Waals surface area contributed by atoms with Gasteiger partial charge in [-0.15, -0.1) is 0 Å². The van der Waals surface area contributed by atoms with E-state index in [-0.39, 0.29) is 16.9 Å². The highest BCUT2D eigenvalue weighted by Crippen LogP contribution is 2.25. The van der Waals surface area contributed by atoms with E-state index in [2.05, 4.69) is 17.2 Å². The van der Waals surface area contributed by atoms with Gasteiger partial charge >= 0.3 is 0 Å². The fourth-order valence-corrected chi connectivity index (χ4v) is 2.67. The van der Waals surface area contributed by atoms with Crippen molar-refractivity contribution in [2.75, 3.05) is 17.7 Å². The van der Waals surface area contributed by atoms with E-state index in [1.54, 1.807) is 24.3 Å². The molecular weight excluding hydrogens is 385 g/mol. The van der Waals surface area contributed by atoms with Gasteiger partial charge < -0.3 is 20.5 Å². The van der Waals surface area contributed by atoms with Crippen molar-refractivity contribution in [2.24, 2.45) is 0 Å². The molecule has 3 rings (SSSR count). The van der Waals surface area contributed by atoms with Crippen molar-refractivity contribution in [2.45, 2.75) is 26.7 Å². The summed E-state index contributed by atoms with van der Waals surface area (Å²) in [6, 6.07) is 15.7. The minimum atomic E-state index is -0.689. The Morgan fingerprint density at radius 3 is 2.30 bits per heavy atom. The maximum Gasteiger partial charge on any atom is 0.259 e. The van der Waals surface area contributed by atoms with Crippen molar-refractivity contribution in [3.05, 3.63) is 71.7 Å². The van der Waals surface area contributed by atoms with Gasteiger partial charge in [0.2, 0.25) is 5.95 Å². The Kier molecular flexibility index (Phi) is 6.85. The van der Waals surface area contributed by atoms with E-state index in [0.29, 0.717) is 23.8 Å². The third-order valence-corrected chi connectivity index (χ3v) is 4.36. The van der Waals surface area contributed by atoms with Crippen LogP contribution in [-0.2, 0) is 0 Å². The lowest BCUT2D eigenvalue weighted by Gasteiger charge is -2.10. The molecule has 0 saturated carbocycles. The first-order chi connectivity index (χ1) is 14.5. The van der Waals surface area contributed by atoms with Crippen molar-refractivity contribution >= 4 is 17.4 Å². The van der Waals surface area contributed by atoms with Gasteiger partial charge in [0, 0.05) is 11.3 Å². The van der Waals surface area contributed by atoms with Crippen LogP contribution in [0.1, 0.15) is 35.7 Å². The Labute approximate surface area is 174 Å². The van der Waals surface area contributed by atoms with Crippen LogP contribution < -0.4 is 20.5 Å². The first kappa shape index (κ1) is 21.1. The Morgan fingerprint density at radius 1 is 1.07 bits per heavy atom. The van der Waals surface area contributed by atoms with E-state index < -0.39 is 11.9 Å². The summed E-state index contributed by atoms with van der Waals surface area (Å²) in [5, 5.41) is 2.72. The van der Waals surface area contributed by atoms with Crippen LogP contribution in [-0.4, -0.2) is 17.5 Å². The predicted octanol–water partition coefficient (Wildman–Crippen LogP) is 5.33. The quantitative estimate of drug-likeness (QED) is 0.388. The second kappa shape index (κ2) is 9.73. The lowest BCUT2D eigenvalue weighted by Crippen LogP contribution is -2.16. The van der Waals surface area contributed by atoms with Gasteiger partial charge in [-0.25, -0.2) is 4.98 Å². The zero-order valence-electron chi connectivity index (χ0n) is 16.9. The lowest BCUT2D eigenvalue weighted by molar-refractivity contribution is 0.102. The number of rotatable bonds is 8. The fourth-order valence-electron chi connectivity index (χ4n) is 2.67. The number of aryl methyl sites for hydroxylation is 1. The van der Waals surface area contributed by atoms with Crippen LogP contribution in [0, 0.1) is 12.9 Å². The van der Waals surface area contributed by atoms with Gasteiger partial charge in [0.1, 0.15) is 23.1 Å². The fraction of sp³-hybridized carbons (Fsp3) is 0.217. The predicted molar refractivity (Wildman–Crippen MR) is 115 cm³/mol. The molecule has 3 aromatic rings. The number of aromatic nitrogens is 1. The van der Waals surface area contributed by atoms with Gasteiger partial charge in [-0.05, 0) is 67.9 Å². The van der Waals surface area contributed by atoms with Crippen LogP contribution in [0.3, 0.4) is 0 Å². The number of hydrogen-bond donors (Lipinski definition) is 2. The van der Waals surface area contributed by atoms with Crippen molar-refractivity contribution in [3.63, 3.8) is 0 Å². The number of pyridine rings is 1. The van der Waals surface area contributed by atoms with Gasteiger partial charge in [0.25, 0.3) is 5.91 Å². The molecule has 30 heavy (non-hydrogen) atoms. The number of nitrogens with one attached hydrogen (secondary N) is 1. The van der Waals surface area contributed by atoms with Gasteiger partial charge in [0.15, 0.2) is 0 Å². The summed E-state index contributed by atoms with van der Waals surface area (Å²) >= 11 is 0. The van der Waals surface area contributed by atoms with Crippen LogP contribution in [0.15, 0.2) is 54.6 Å². The highest BCUT2D eigenvalue weighted by atomic mass is 19.1. The Bertz CT molecular complexity index is 1010. The number of anilines is 2. The minimum Gasteiger partial charge on any atom is -0.494 e. The number of carbonyl (C=O) groups is 1. The van der Waals surface area contributed by atoms with E-state index >= 15 is 0 Å². The Hall–Kier alpha value is -3.61. The SMILES string of the molecule is CCCCOc1ccc(Oc2ccc(NC(=O)c3cc(C)c(F)nc3N)cc2)cc1. The first-order valence-corrected chi connectivity index (χ1v) is 9.71. The van der Waals surface area contributed by atoms with Crippen molar-refractivity contribution in [3.8, 4) is 17.2 Å². The largest absolute Gasteiger partial charge is 0.494 e. The second-order valence-electron chi connectivity index (χ2n) is 6.78. The topological polar surface area (TPSA) is 86.5 Å². The molecule has 0 saturated heterocycles. The molecule has 7 heteroatoms. The number of nitrogens with two attached hydrogens (primary N) is 1. The van der Waals surface area contributed by atoms with E-state index in [1.165, 1.54) is 13.0 Å². The summed E-state index contributed by atoms with van der Waals surface area (Å²) in [5.74, 6) is 0.791. The minimum absolute atomic E-state index is 0.121. The number of nitrogens with zero attached hydrogens (tertiary/aromatic N) is 1. The van der Waals surface area contributed by atoms with E-state index in [0.717, 1.165) is 18.6 Å². The molecule has 0 spiro atoms. The monoisotopic (exact) mass is 409 g/mol. The standard InChI is InChI=1S/C23H24FN3O3/c1-3-4-13-29-17-9-11-19(12-10-17)30-18-7-5-16(6-8-18)26-23(28)20-14-15(2)21(24)27-22(20)25/h5-12,14H,3-4,13H2,1-2H3,(H2,25,27)(H,26,28). The third-order valence-electron chi connectivity index (χ3n) is 4.36. The number of nitrogen functional groups attached to an aromatic ring is 1. The summed E-state index contributed by atoms with van der Waals surface area (Å²) in [6.07, 6.45) is 2.11. The van der Waals surface area contributed by atoms with E-state index in [1.807, 2.05) is 24.3 Å². The normalized spacial score (nSPS) is 10.5. The van der Waals surface area contributed by atoms with Gasteiger partial charge in [-0.3, -0.25) is 4.79 Å². The van der Waals surface area contributed by atoms with Crippen molar-refractivity contribution in [1.82, 2.24) is 4.98 Å². The molecular formula is C23H24FN3O3. The molecule has 1 aromatic heterocycles. The molecule has 0 bridgehead atoms. The number of halogens is 1. The molecule has 3 N–H and O–H groups in total. The average molecular weight is 409 g/mol. The molecule has 2 aromatic carbocycles. The van der Waals surface area contributed by atoms with Gasteiger partial charge in [-0.2, -0.15) is 4.39 Å². The summed E-state index contributed by atoms with van der Waals surface area (Å²) < 4.78 is 24.9. The molecule has 0 atom stereocenters. The first-order valence-electron chi connectivity index (χ1n) is 9.71. The number of carbonyl (C=O) groups excluding carboxylic acids is 1. The maximum atomic E-state index is 13.4. The van der Waals surface area contributed by atoms with Gasteiger partial charge in [0.05, 0.1) is 12.2 Å². The number of unbranched alkanes of at least 4 members (excludes halogenated alkanes) is 1. The molecule has 6 nitrogen and oxygen atoms in total. The van der Waals surface area contributed by atoms with Crippen LogP contribution in [0.25, 0.3) is 0 Å².